The molecule has 0 fully saturated rings. The zero-order valence-corrected chi connectivity index (χ0v) is 16.4. The average molecular weight is 378 g/mol. The summed E-state index contributed by atoms with van der Waals surface area (Å²) in [5.41, 5.74) is 2.25. The highest BCUT2D eigenvalue weighted by molar-refractivity contribution is 5.85. The molecule has 2 unspecified atom stereocenters. The van der Waals surface area contributed by atoms with Crippen molar-refractivity contribution in [1.29, 1.82) is 0 Å². The fourth-order valence-corrected chi connectivity index (χ4v) is 3.39. The van der Waals surface area contributed by atoms with Crippen molar-refractivity contribution in [3.05, 3.63) is 59.7 Å². The van der Waals surface area contributed by atoms with Crippen molar-refractivity contribution in [3.63, 3.8) is 0 Å². The van der Waals surface area contributed by atoms with Crippen LogP contribution in [0.3, 0.4) is 0 Å². The van der Waals surface area contributed by atoms with Gasteiger partial charge in [0.15, 0.2) is 0 Å². The summed E-state index contributed by atoms with van der Waals surface area (Å²) >= 11 is 0. The van der Waals surface area contributed by atoms with Gasteiger partial charge in [0.1, 0.15) is 29.8 Å². The van der Waals surface area contributed by atoms with Gasteiger partial charge in [-0.15, -0.1) is 12.4 Å². The minimum Gasteiger partial charge on any atom is -0.491 e. The normalized spacial score (nSPS) is 18.8. The molecule has 0 saturated carbocycles. The van der Waals surface area contributed by atoms with E-state index in [1.54, 1.807) is 0 Å². The summed E-state index contributed by atoms with van der Waals surface area (Å²) in [6, 6.07) is 16.5. The Kier molecular flexibility index (Phi) is 6.93. The van der Waals surface area contributed by atoms with Crippen LogP contribution in [0, 0.1) is 0 Å². The average Bonchev–Trinajstić information content (AvgIpc) is 2.59. The van der Waals surface area contributed by atoms with Crippen molar-refractivity contribution in [2.75, 3.05) is 20.2 Å². The molecule has 1 heterocycles. The maximum absolute atomic E-state index is 9.80. The van der Waals surface area contributed by atoms with E-state index >= 15 is 0 Å². The highest BCUT2D eigenvalue weighted by Crippen LogP contribution is 2.45. The van der Waals surface area contributed by atoms with Crippen molar-refractivity contribution in [3.8, 4) is 11.5 Å². The lowest BCUT2D eigenvalue weighted by Gasteiger charge is -2.38. The lowest BCUT2D eigenvalue weighted by Crippen LogP contribution is -2.35. The van der Waals surface area contributed by atoms with Gasteiger partial charge < -0.3 is 19.9 Å². The number of aliphatic hydroxyl groups is 1. The van der Waals surface area contributed by atoms with Crippen LogP contribution in [0.5, 0.6) is 11.5 Å². The molecule has 3 rings (SSSR count). The molecule has 2 atom stereocenters. The zero-order valence-electron chi connectivity index (χ0n) is 15.6. The van der Waals surface area contributed by atoms with E-state index in [-0.39, 0.29) is 24.6 Å². The van der Waals surface area contributed by atoms with E-state index < -0.39 is 6.10 Å². The van der Waals surface area contributed by atoms with Gasteiger partial charge in [-0.1, -0.05) is 36.4 Å². The van der Waals surface area contributed by atoms with Crippen LogP contribution in [0.15, 0.2) is 48.5 Å². The molecule has 2 aromatic carbocycles. The molecule has 4 nitrogen and oxygen atoms in total. The monoisotopic (exact) mass is 377 g/mol. The van der Waals surface area contributed by atoms with Crippen molar-refractivity contribution < 1.29 is 14.6 Å². The summed E-state index contributed by atoms with van der Waals surface area (Å²) in [4.78, 5) is 0. The van der Waals surface area contributed by atoms with Gasteiger partial charge in [-0.3, -0.25) is 0 Å². The summed E-state index contributed by atoms with van der Waals surface area (Å²) in [5.74, 6) is 1.90. The van der Waals surface area contributed by atoms with Crippen LogP contribution >= 0.6 is 12.4 Å². The molecule has 0 bridgehead atoms. The summed E-state index contributed by atoms with van der Waals surface area (Å²) in [6.45, 7) is 5.00. The minimum atomic E-state index is -0.532. The molecule has 1 aliphatic rings. The lowest BCUT2D eigenvalue weighted by molar-refractivity contribution is 0.0760. The van der Waals surface area contributed by atoms with Gasteiger partial charge in [0.25, 0.3) is 0 Å². The minimum absolute atomic E-state index is 0. The second-order valence-corrected chi connectivity index (χ2v) is 7.25. The molecule has 2 N–H and O–H groups in total. The first-order valence-electron chi connectivity index (χ1n) is 8.82. The molecular weight excluding hydrogens is 350 g/mol. The number of likely N-dealkylation sites (N-methyl/N-ethyl adjacent to an activating group) is 1. The summed E-state index contributed by atoms with van der Waals surface area (Å²) in [5, 5.41) is 12.7. The number of aliphatic hydroxyl groups excluding tert-OH is 1. The van der Waals surface area contributed by atoms with Crippen LogP contribution in [-0.4, -0.2) is 37.0 Å². The third-order valence-corrected chi connectivity index (χ3v) is 4.53. The summed E-state index contributed by atoms with van der Waals surface area (Å²) < 4.78 is 11.9. The van der Waals surface area contributed by atoms with E-state index in [9.17, 15) is 5.11 Å². The van der Waals surface area contributed by atoms with E-state index in [1.165, 1.54) is 11.1 Å². The number of halogens is 1. The molecule has 0 amide bonds. The Labute approximate surface area is 161 Å². The van der Waals surface area contributed by atoms with E-state index in [2.05, 4.69) is 49.5 Å². The lowest BCUT2D eigenvalue weighted by atomic mass is 9.80. The number of hydrogen-bond acceptors (Lipinski definition) is 4. The molecule has 0 aliphatic carbocycles. The standard InChI is InChI=1S/C21H27NO3.ClH/c1-21(2)12-19(15-7-5-4-6-8-15)18-10-9-17(11-20(18)25-21)24-14-16(23)13-22-3;/h4-11,16,19,22-23H,12-14H2,1-3H3;1H. The van der Waals surface area contributed by atoms with E-state index in [1.807, 2.05) is 25.2 Å². The zero-order chi connectivity index (χ0) is 17.9. The maximum Gasteiger partial charge on any atom is 0.127 e. The van der Waals surface area contributed by atoms with Crippen LogP contribution < -0.4 is 14.8 Å². The van der Waals surface area contributed by atoms with Crippen LogP contribution in [-0.2, 0) is 0 Å². The van der Waals surface area contributed by atoms with Crippen LogP contribution in [0.25, 0.3) is 0 Å². The fourth-order valence-electron chi connectivity index (χ4n) is 3.39. The smallest absolute Gasteiger partial charge is 0.127 e. The van der Waals surface area contributed by atoms with Gasteiger partial charge in [-0.2, -0.15) is 0 Å². The summed E-state index contributed by atoms with van der Waals surface area (Å²) in [7, 11) is 1.81. The number of benzene rings is 2. The quantitative estimate of drug-likeness (QED) is 0.804. The first-order chi connectivity index (χ1) is 12.0. The van der Waals surface area contributed by atoms with Crippen molar-refractivity contribution in [1.82, 2.24) is 5.32 Å². The third-order valence-electron chi connectivity index (χ3n) is 4.53. The topological polar surface area (TPSA) is 50.7 Å². The predicted molar refractivity (Wildman–Crippen MR) is 107 cm³/mol. The van der Waals surface area contributed by atoms with Crippen LogP contribution in [0.4, 0.5) is 0 Å². The molecule has 2 aromatic rings. The molecule has 142 valence electrons. The Bertz CT molecular complexity index is 706. The van der Waals surface area contributed by atoms with Gasteiger partial charge in [0.05, 0.1) is 0 Å². The molecule has 1 aliphatic heterocycles. The van der Waals surface area contributed by atoms with Gasteiger partial charge in [-0.25, -0.2) is 0 Å². The molecular formula is C21H28ClNO3. The second-order valence-electron chi connectivity index (χ2n) is 7.25. The number of fused-ring (bicyclic) bond motifs is 1. The van der Waals surface area contributed by atoms with E-state index in [0.717, 1.165) is 17.9 Å². The number of rotatable bonds is 6. The number of hydrogen-bond donors (Lipinski definition) is 2. The Morgan fingerprint density at radius 3 is 2.65 bits per heavy atom. The van der Waals surface area contributed by atoms with Crippen molar-refractivity contribution in [2.24, 2.45) is 0 Å². The number of nitrogens with one attached hydrogen (secondary N) is 1. The van der Waals surface area contributed by atoms with E-state index in [0.29, 0.717) is 12.5 Å². The largest absolute Gasteiger partial charge is 0.491 e. The van der Waals surface area contributed by atoms with Crippen LogP contribution in [0.1, 0.15) is 37.3 Å². The molecule has 0 radical (unpaired) electrons. The summed E-state index contributed by atoms with van der Waals surface area (Å²) in [6.07, 6.45) is 0.404. The van der Waals surface area contributed by atoms with Gasteiger partial charge in [-0.05, 0) is 38.9 Å². The fraction of sp³-hybridized carbons (Fsp3) is 0.429. The Morgan fingerprint density at radius 2 is 1.96 bits per heavy atom. The molecule has 5 heteroatoms. The van der Waals surface area contributed by atoms with Crippen molar-refractivity contribution in [2.45, 2.75) is 37.9 Å². The first kappa shape index (κ1) is 20.6. The van der Waals surface area contributed by atoms with Gasteiger partial charge in [0, 0.05) is 24.1 Å². The Hall–Kier alpha value is -1.75. The van der Waals surface area contributed by atoms with Gasteiger partial charge in [0.2, 0.25) is 0 Å². The van der Waals surface area contributed by atoms with Crippen LogP contribution in [0.2, 0.25) is 0 Å². The van der Waals surface area contributed by atoms with E-state index in [4.69, 9.17) is 9.47 Å². The highest BCUT2D eigenvalue weighted by atomic mass is 35.5. The molecule has 0 saturated heterocycles. The molecule has 0 spiro atoms. The first-order valence-corrected chi connectivity index (χ1v) is 8.82. The Morgan fingerprint density at radius 1 is 1.23 bits per heavy atom. The highest BCUT2D eigenvalue weighted by Gasteiger charge is 2.34. The predicted octanol–water partition coefficient (Wildman–Crippen LogP) is 3.76. The molecule has 0 aromatic heterocycles. The third kappa shape index (κ3) is 4.91. The maximum atomic E-state index is 9.80. The van der Waals surface area contributed by atoms with Gasteiger partial charge >= 0.3 is 0 Å². The Balaban J connectivity index is 0.00000243. The van der Waals surface area contributed by atoms with Crippen molar-refractivity contribution >= 4 is 12.4 Å². The molecule has 26 heavy (non-hydrogen) atoms. The SMILES string of the molecule is CNCC(O)COc1ccc2c(c1)OC(C)(C)CC2c1ccccc1.Cl. The number of ether oxygens (including phenoxy) is 2. The second kappa shape index (κ2) is 8.76.